The third-order valence-electron chi connectivity index (χ3n) is 7.19. The minimum atomic E-state index is -0.319. The normalized spacial score (nSPS) is 22.1. The molecular weight excluding hydrogens is 340 g/mol. The molecule has 2 aromatic rings. The molecule has 1 saturated carbocycles. The Hall–Kier alpha value is -2.63. The molecule has 1 aromatic heterocycles. The average molecular weight is 362 g/mol. The summed E-state index contributed by atoms with van der Waals surface area (Å²) < 4.78 is 0. The van der Waals surface area contributed by atoms with Crippen molar-refractivity contribution in [3.8, 4) is 0 Å². The average Bonchev–Trinajstić information content (AvgIpc) is 3.05. The lowest BCUT2D eigenvalue weighted by Crippen LogP contribution is -2.38. The van der Waals surface area contributed by atoms with Gasteiger partial charge in [-0.3, -0.25) is 14.6 Å². The van der Waals surface area contributed by atoms with Gasteiger partial charge in [0.05, 0.1) is 23.3 Å². The van der Waals surface area contributed by atoms with Gasteiger partial charge in [-0.2, -0.15) is 0 Å². The third-order valence-corrected chi connectivity index (χ3v) is 7.19. The first kappa shape index (κ1) is 16.5. The number of azo groups is 1. The first-order valence-corrected chi connectivity index (χ1v) is 9.43. The summed E-state index contributed by atoms with van der Waals surface area (Å²) in [6.45, 7) is 9.82. The van der Waals surface area contributed by atoms with Gasteiger partial charge in [-0.1, -0.05) is 33.8 Å². The van der Waals surface area contributed by atoms with E-state index >= 15 is 0 Å². The molecule has 0 radical (unpaired) electrons. The zero-order valence-corrected chi connectivity index (χ0v) is 16.0. The predicted octanol–water partition coefficient (Wildman–Crippen LogP) is 4.04. The third kappa shape index (κ3) is 2.04. The van der Waals surface area contributed by atoms with Crippen LogP contribution in [0.5, 0.6) is 0 Å². The van der Waals surface area contributed by atoms with Crippen molar-refractivity contribution in [2.75, 3.05) is 6.54 Å². The SMILES string of the molecule is CC1(C)C(C(=O)N2CCc3c(nc4cccc5c4c3N=NC5=O)C2)C1(C)C. The molecule has 6 nitrogen and oxygen atoms in total. The van der Waals surface area contributed by atoms with E-state index in [0.717, 1.165) is 27.8 Å². The van der Waals surface area contributed by atoms with E-state index in [2.05, 4.69) is 37.9 Å². The highest BCUT2D eigenvalue weighted by atomic mass is 16.2. The molecule has 138 valence electrons. The monoisotopic (exact) mass is 362 g/mol. The molecule has 0 unspecified atom stereocenters. The Kier molecular flexibility index (Phi) is 3.06. The Morgan fingerprint density at radius 2 is 1.89 bits per heavy atom. The number of amides is 2. The van der Waals surface area contributed by atoms with Crippen molar-refractivity contribution in [2.45, 2.75) is 40.7 Å². The summed E-state index contributed by atoms with van der Waals surface area (Å²) in [6.07, 6.45) is 0.689. The van der Waals surface area contributed by atoms with Crippen LogP contribution in [-0.2, 0) is 17.8 Å². The molecule has 2 aliphatic heterocycles. The largest absolute Gasteiger partial charge is 0.336 e. The molecule has 27 heavy (non-hydrogen) atoms. The van der Waals surface area contributed by atoms with E-state index in [4.69, 9.17) is 4.98 Å². The Balaban J connectivity index is 1.55. The summed E-state index contributed by atoms with van der Waals surface area (Å²) in [5.41, 5.74) is 4.00. The van der Waals surface area contributed by atoms with Gasteiger partial charge in [0, 0.05) is 23.4 Å². The van der Waals surface area contributed by atoms with E-state index in [1.165, 1.54) is 0 Å². The van der Waals surface area contributed by atoms with Crippen molar-refractivity contribution in [1.29, 1.82) is 0 Å². The Morgan fingerprint density at radius 3 is 2.59 bits per heavy atom. The molecule has 3 aliphatic rings. The highest BCUT2D eigenvalue weighted by Crippen LogP contribution is 2.68. The lowest BCUT2D eigenvalue weighted by molar-refractivity contribution is -0.134. The van der Waals surface area contributed by atoms with Crippen molar-refractivity contribution >= 4 is 28.4 Å². The van der Waals surface area contributed by atoms with Gasteiger partial charge in [-0.05, 0) is 29.4 Å². The van der Waals surface area contributed by atoms with Gasteiger partial charge in [0.1, 0.15) is 5.69 Å². The second-order valence-corrected chi connectivity index (χ2v) is 8.98. The summed E-state index contributed by atoms with van der Waals surface area (Å²) >= 11 is 0. The van der Waals surface area contributed by atoms with Crippen LogP contribution in [0, 0.1) is 16.7 Å². The van der Waals surface area contributed by atoms with Crippen LogP contribution in [0.15, 0.2) is 28.4 Å². The van der Waals surface area contributed by atoms with Crippen LogP contribution in [0.25, 0.3) is 10.9 Å². The first-order valence-electron chi connectivity index (χ1n) is 9.43. The van der Waals surface area contributed by atoms with Gasteiger partial charge in [0.2, 0.25) is 5.91 Å². The Bertz CT molecular complexity index is 1050. The summed E-state index contributed by atoms with van der Waals surface area (Å²) in [5.74, 6) is -0.0494. The van der Waals surface area contributed by atoms with Crippen LogP contribution < -0.4 is 0 Å². The molecule has 1 aliphatic carbocycles. The highest BCUT2D eigenvalue weighted by Gasteiger charge is 2.68. The lowest BCUT2D eigenvalue weighted by Gasteiger charge is -2.30. The van der Waals surface area contributed by atoms with E-state index in [9.17, 15) is 9.59 Å². The van der Waals surface area contributed by atoms with Crippen LogP contribution in [-0.4, -0.2) is 28.2 Å². The molecule has 3 heterocycles. The van der Waals surface area contributed by atoms with E-state index in [-0.39, 0.29) is 28.6 Å². The smallest absolute Gasteiger partial charge is 0.296 e. The zero-order chi connectivity index (χ0) is 19.1. The van der Waals surface area contributed by atoms with Gasteiger partial charge in [-0.15, -0.1) is 10.2 Å². The fourth-order valence-corrected chi connectivity index (χ4v) is 4.90. The Morgan fingerprint density at radius 1 is 1.15 bits per heavy atom. The van der Waals surface area contributed by atoms with Crippen LogP contribution in [0.2, 0.25) is 0 Å². The number of carbonyl (C=O) groups is 2. The van der Waals surface area contributed by atoms with Crippen molar-refractivity contribution in [2.24, 2.45) is 27.0 Å². The molecule has 1 fully saturated rings. The van der Waals surface area contributed by atoms with Gasteiger partial charge < -0.3 is 4.90 Å². The molecular formula is C21H22N4O2. The van der Waals surface area contributed by atoms with Crippen molar-refractivity contribution in [1.82, 2.24) is 9.88 Å². The summed E-state index contributed by atoms with van der Waals surface area (Å²) in [6, 6.07) is 5.49. The maximum absolute atomic E-state index is 13.1. The fourth-order valence-electron chi connectivity index (χ4n) is 4.90. The van der Waals surface area contributed by atoms with Crippen LogP contribution in [0.3, 0.4) is 0 Å². The van der Waals surface area contributed by atoms with E-state index in [1.54, 1.807) is 6.07 Å². The number of fused-ring (bicyclic) bond motifs is 2. The van der Waals surface area contributed by atoms with Crippen LogP contribution >= 0.6 is 0 Å². The number of aromatic nitrogens is 1. The van der Waals surface area contributed by atoms with Crippen molar-refractivity contribution in [3.05, 3.63) is 35.0 Å². The molecule has 5 rings (SSSR count). The van der Waals surface area contributed by atoms with Crippen molar-refractivity contribution in [3.63, 3.8) is 0 Å². The molecule has 6 heteroatoms. The number of pyridine rings is 1. The molecule has 1 aromatic carbocycles. The maximum Gasteiger partial charge on any atom is 0.296 e. The number of hydrogen-bond donors (Lipinski definition) is 0. The fraction of sp³-hybridized carbons (Fsp3) is 0.476. The second-order valence-electron chi connectivity index (χ2n) is 8.98. The number of rotatable bonds is 1. The number of carbonyl (C=O) groups excluding carboxylic acids is 2. The number of nitrogens with zero attached hydrogens (tertiary/aromatic N) is 4. The predicted molar refractivity (Wildman–Crippen MR) is 101 cm³/mol. The summed E-state index contributed by atoms with van der Waals surface area (Å²) in [7, 11) is 0. The second kappa shape index (κ2) is 5.00. The maximum atomic E-state index is 13.1. The molecule has 0 spiro atoms. The lowest BCUT2D eigenvalue weighted by atomic mass is 9.95. The minimum Gasteiger partial charge on any atom is -0.336 e. The summed E-state index contributed by atoms with van der Waals surface area (Å²) in [4.78, 5) is 31.9. The van der Waals surface area contributed by atoms with Gasteiger partial charge in [0.25, 0.3) is 5.91 Å². The summed E-state index contributed by atoms with van der Waals surface area (Å²) in [5, 5.41) is 8.81. The molecule has 2 amide bonds. The molecule has 0 saturated heterocycles. The first-order chi connectivity index (χ1) is 12.7. The van der Waals surface area contributed by atoms with Gasteiger partial charge in [-0.25, -0.2) is 0 Å². The minimum absolute atomic E-state index is 0.0244. The molecule has 0 bridgehead atoms. The Labute approximate surface area is 157 Å². The molecule has 0 atom stereocenters. The van der Waals surface area contributed by atoms with Crippen LogP contribution in [0.1, 0.15) is 49.3 Å². The van der Waals surface area contributed by atoms with E-state index in [1.807, 2.05) is 17.0 Å². The van der Waals surface area contributed by atoms with Gasteiger partial charge in [0.15, 0.2) is 0 Å². The highest BCUT2D eigenvalue weighted by molar-refractivity contribution is 6.12. The molecule has 0 N–H and O–H groups in total. The van der Waals surface area contributed by atoms with E-state index < -0.39 is 0 Å². The zero-order valence-electron chi connectivity index (χ0n) is 16.0. The van der Waals surface area contributed by atoms with Gasteiger partial charge >= 0.3 is 0 Å². The van der Waals surface area contributed by atoms with E-state index in [0.29, 0.717) is 25.1 Å². The number of benzene rings is 1. The quantitative estimate of drug-likeness (QED) is 0.768. The number of hydrogen-bond acceptors (Lipinski definition) is 4. The topological polar surface area (TPSA) is 75.0 Å². The standard InChI is InChI=1S/C21H22N4O2/c1-20(2)17(21(20,3)4)19(27)25-9-8-11-14(10-25)22-13-7-5-6-12-15(13)16(11)23-24-18(12)26/h5-7,17H,8-10H2,1-4H3. The van der Waals surface area contributed by atoms with Crippen LogP contribution in [0.4, 0.5) is 5.69 Å². The van der Waals surface area contributed by atoms with Crippen molar-refractivity contribution < 1.29 is 9.59 Å².